The van der Waals surface area contributed by atoms with E-state index in [4.69, 9.17) is 21.1 Å². The summed E-state index contributed by atoms with van der Waals surface area (Å²) in [5.74, 6) is 0.248. The van der Waals surface area contributed by atoms with E-state index >= 15 is 0 Å². The monoisotopic (exact) mass is 335 g/mol. The summed E-state index contributed by atoms with van der Waals surface area (Å²) in [6, 6.07) is 0. The average molecular weight is 336 g/mol. The van der Waals surface area contributed by atoms with Crippen LogP contribution in [0.25, 0.3) is 0 Å². The molecule has 7 nitrogen and oxygen atoms in total. The van der Waals surface area contributed by atoms with Gasteiger partial charge in [0.1, 0.15) is 5.15 Å². The Morgan fingerprint density at radius 2 is 1.90 bits per heavy atom. The van der Waals surface area contributed by atoms with E-state index in [1.54, 1.807) is 7.05 Å². The number of hydrogen-bond donors (Lipinski definition) is 0. The van der Waals surface area contributed by atoms with Gasteiger partial charge in [0, 0.05) is 26.1 Å². The molecule has 2 fully saturated rings. The Kier molecular flexibility index (Phi) is 4.24. The minimum atomic E-state index is -3.63. The molecule has 9 heteroatoms. The zero-order valence-electron chi connectivity index (χ0n) is 11.7. The lowest BCUT2D eigenvalue weighted by Gasteiger charge is -2.32. The van der Waals surface area contributed by atoms with E-state index in [1.807, 2.05) is 0 Å². The van der Waals surface area contributed by atoms with E-state index in [9.17, 15) is 8.42 Å². The standard InChI is InChI=1S/C12H18ClN3O4S/c1-15-8-14-11(10(15)13)21(17,18)16-4-2-9(3-5-16)12-19-6-7-20-12/h8-9,12H,2-7H2,1H3. The largest absolute Gasteiger partial charge is 0.350 e. The molecule has 2 aliphatic rings. The number of nitrogens with zero attached hydrogens (tertiary/aromatic N) is 3. The third-order valence-electron chi connectivity index (χ3n) is 3.95. The number of piperidine rings is 1. The second-order valence-corrected chi connectivity index (χ2v) is 7.51. The summed E-state index contributed by atoms with van der Waals surface area (Å²) in [6.07, 6.45) is 2.65. The molecule has 3 rings (SSSR count). The van der Waals surface area contributed by atoms with Crippen molar-refractivity contribution < 1.29 is 17.9 Å². The number of aryl methyl sites for hydroxylation is 1. The van der Waals surface area contributed by atoms with Crippen LogP contribution in [0.1, 0.15) is 12.8 Å². The number of ether oxygens (including phenoxy) is 2. The van der Waals surface area contributed by atoms with E-state index in [-0.39, 0.29) is 22.4 Å². The molecule has 1 aromatic rings. The molecule has 0 unspecified atom stereocenters. The molecule has 0 aliphatic carbocycles. The quantitative estimate of drug-likeness (QED) is 0.818. The van der Waals surface area contributed by atoms with Crippen LogP contribution in [0.4, 0.5) is 0 Å². The Morgan fingerprint density at radius 1 is 1.29 bits per heavy atom. The molecule has 0 spiro atoms. The Bertz CT molecular complexity index is 604. The molecule has 21 heavy (non-hydrogen) atoms. The summed E-state index contributed by atoms with van der Waals surface area (Å²) in [4.78, 5) is 3.91. The van der Waals surface area contributed by atoms with Crippen molar-refractivity contribution in [3.8, 4) is 0 Å². The van der Waals surface area contributed by atoms with E-state index in [1.165, 1.54) is 15.2 Å². The van der Waals surface area contributed by atoms with Crippen molar-refractivity contribution in [1.82, 2.24) is 13.9 Å². The Morgan fingerprint density at radius 3 is 2.43 bits per heavy atom. The van der Waals surface area contributed by atoms with Gasteiger partial charge in [-0.3, -0.25) is 0 Å². The highest BCUT2D eigenvalue weighted by molar-refractivity contribution is 7.89. The van der Waals surface area contributed by atoms with Crippen molar-refractivity contribution in [2.24, 2.45) is 13.0 Å². The van der Waals surface area contributed by atoms with Gasteiger partial charge in [0.2, 0.25) is 5.03 Å². The summed E-state index contributed by atoms with van der Waals surface area (Å²) in [7, 11) is -1.97. The highest BCUT2D eigenvalue weighted by Crippen LogP contribution is 2.30. The maximum absolute atomic E-state index is 12.6. The summed E-state index contributed by atoms with van der Waals surface area (Å²) in [5.41, 5.74) is 0. The van der Waals surface area contributed by atoms with Crippen LogP contribution in [0.15, 0.2) is 11.4 Å². The van der Waals surface area contributed by atoms with Crippen LogP contribution in [0.2, 0.25) is 5.15 Å². The summed E-state index contributed by atoms with van der Waals surface area (Å²) < 4.78 is 39.0. The van der Waals surface area contributed by atoms with Gasteiger partial charge in [-0.1, -0.05) is 11.6 Å². The molecule has 3 heterocycles. The van der Waals surface area contributed by atoms with E-state index in [2.05, 4.69) is 4.98 Å². The van der Waals surface area contributed by atoms with Gasteiger partial charge in [0.25, 0.3) is 10.0 Å². The molecule has 0 saturated carbocycles. The second kappa shape index (κ2) is 5.85. The molecule has 0 aromatic carbocycles. The topological polar surface area (TPSA) is 73.7 Å². The molecular formula is C12H18ClN3O4S. The molecule has 0 radical (unpaired) electrons. The van der Waals surface area contributed by atoms with Gasteiger partial charge in [-0.25, -0.2) is 13.4 Å². The Hall–Kier alpha value is -0.670. The summed E-state index contributed by atoms with van der Waals surface area (Å²) >= 11 is 6.00. The minimum Gasteiger partial charge on any atom is -0.350 e. The minimum absolute atomic E-state index is 0.0708. The molecule has 1 aromatic heterocycles. The van der Waals surface area contributed by atoms with Crippen molar-refractivity contribution in [3.05, 3.63) is 11.5 Å². The Labute approximate surface area is 128 Å². The predicted octanol–water partition coefficient (Wildman–Crippen LogP) is 0.847. The lowest BCUT2D eigenvalue weighted by molar-refractivity contribution is -0.0938. The van der Waals surface area contributed by atoms with Gasteiger partial charge in [-0.15, -0.1) is 0 Å². The lowest BCUT2D eigenvalue weighted by Crippen LogP contribution is -2.41. The average Bonchev–Trinajstić information content (AvgIpc) is 3.11. The van der Waals surface area contributed by atoms with Crippen LogP contribution in [-0.4, -0.2) is 54.9 Å². The predicted molar refractivity (Wildman–Crippen MR) is 75.4 cm³/mol. The third-order valence-corrected chi connectivity index (χ3v) is 6.34. The van der Waals surface area contributed by atoms with Gasteiger partial charge in [-0.2, -0.15) is 4.31 Å². The third kappa shape index (κ3) is 2.83. The van der Waals surface area contributed by atoms with E-state index in [0.717, 1.165) is 0 Å². The fourth-order valence-electron chi connectivity index (χ4n) is 2.73. The fourth-order valence-corrected chi connectivity index (χ4v) is 4.58. The maximum atomic E-state index is 12.6. The molecule has 2 aliphatic heterocycles. The number of aromatic nitrogens is 2. The van der Waals surface area contributed by atoms with Crippen molar-refractivity contribution in [2.75, 3.05) is 26.3 Å². The SMILES string of the molecule is Cn1cnc(S(=O)(=O)N2CCC(C3OCCO3)CC2)c1Cl. The molecule has 0 atom stereocenters. The van der Waals surface area contributed by atoms with Crippen LogP contribution >= 0.6 is 11.6 Å². The number of sulfonamides is 1. The van der Waals surface area contributed by atoms with Gasteiger partial charge >= 0.3 is 0 Å². The molecule has 0 bridgehead atoms. The number of hydrogen-bond acceptors (Lipinski definition) is 5. The van der Waals surface area contributed by atoms with Crippen LogP contribution in [0, 0.1) is 5.92 Å². The lowest BCUT2D eigenvalue weighted by atomic mass is 9.98. The van der Waals surface area contributed by atoms with Crippen molar-refractivity contribution >= 4 is 21.6 Å². The van der Waals surface area contributed by atoms with Crippen molar-refractivity contribution in [2.45, 2.75) is 24.2 Å². The highest BCUT2D eigenvalue weighted by atomic mass is 35.5. The molecular weight excluding hydrogens is 318 g/mol. The first-order valence-corrected chi connectivity index (χ1v) is 8.72. The first kappa shape index (κ1) is 15.2. The molecule has 118 valence electrons. The first-order chi connectivity index (χ1) is 10.00. The zero-order chi connectivity index (χ0) is 15.0. The number of halogens is 1. The van der Waals surface area contributed by atoms with Gasteiger partial charge < -0.3 is 14.0 Å². The maximum Gasteiger partial charge on any atom is 0.263 e. The van der Waals surface area contributed by atoms with Crippen LogP contribution in [-0.2, 0) is 26.5 Å². The van der Waals surface area contributed by atoms with E-state index in [0.29, 0.717) is 39.1 Å². The Balaban J connectivity index is 1.69. The normalized spacial score (nSPS) is 23.0. The van der Waals surface area contributed by atoms with Crippen LogP contribution in [0.5, 0.6) is 0 Å². The second-order valence-electron chi connectivity index (χ2n) is 5.30. The fraction of sp³-hybridized carbons (Fsp3) is 0.750. The van der Waals surface area contributed by atoms with Crippen molar-refractivity contribution in [1.29, 1.82) is 0 Å². The summed E-state index contributed by atoms with van der Waals surface area (Å²) in [5, 5.41) is 0.0677. The summed E-state index contributed by atoms with van der Waals surface area (Å²) in [6.45, 7) is 2.10. The molecule has 0 N–H and O–H groups in total. The molecule has 0 amide bonds. The van der Waals surface area contributed by atoms with Gasteiger partial charge in [0.15, 0.2) is 6.29 Å². The number of imidazole rings is 1. The zero-order valence-corrected chi connectivity index (χ0v) is 13.3. The highest BCUT2D eigenvalue weighted by Gasteiger charge is 2.36. The molecule has 2 saturated heterocycles. The van der Waals surface area contributed by atoms with Crippen molar-refractivity contribution in [3.63, 3.8) is 0 Å². The van der Waals surface area contributed by atoms with Crippen LogP contribution < -0.4 is 0 Å². The van der Waals surface area contributed by atoms with E-state index < -0.39 is 10.0 Å². The van der Waals surface area contributed by atoms with Gasteiger partial charge in [-0.05, 0) is 12.8 Å². The van der Waals surface area contributed by atoms with Crippen LogP contribution in [0.3, 0.4) is 0 Å². The first-order valence-electron chi connectivity index (χ1n) is 6.90. The number of rotatable bonds is 3. The smallest absolute Gasteiger partial charge is 0.263 e. The van der Waals surface area contributed by atoms with Gasteiger partial charge in [0.05, 0.1) is 19.5 Å².